The summed E-state index contributed by atoms with van der Waals surface area (Å²) in [6.07, 6.45) is 0.695. The summed E-state index contributed by atoms with van der Waals surface area (Å²) >= 11 is 3.41. The molecule has 21 heavy (non-hydrogen) atoms. The number of benzene rings is 1. The highest BCUT2D eigenvalue weighted by Gasteiger charge is 2.17. The second-order valence-electron chi connectivity index (χ2n) is 4.99. The number of rotatable bonds is 4. The largest absolute Gasteiger partial charge is 0.337 e. The maximum Gasteiger partial charge on any atom is 0.255 e. The second-order valence-corrected chi connectivity index (χ2v) is 5.90. The number of nitrogens with zero attached hydrogens (tertiary/aromatic N) is 3. The number of aromatic nitrogens is 2. The van der Waals surface area contributed by atoms with Crippen molar-refractivity contribution in [1.82, 2.24) is 15.1 Å². The maximum absolute atomic E-state index is 12.6. The number of aryl methyl sites for hydroxylation is 2. The van der Waals surface area contributed by atoms with E-state index in [-0.39, 0.29) is 5.91 Å². The van der Waals surface area contributed by atoms with E-state index in [1.165, 1.54) is 0 Å². The molecule has 0 spiro atoms. The van der Waals surface area contributed by atoms with Gasteiger partial charge in [-0.2, -0.15) is 10.2 Å². The summed E-state index contributed by atoms with van der Waals surface area (Å²) < 4.78 is 1.03. The molecule has 0 fully saturated rings. The van der Waals surface area contributed by atoms with Gasteiger partial charge < -0.3 is 4.90 Å². The first-order valence-electron chi connectivity index (χ1n) is 6.84. The van der Waals surface area contributed by atoms with Gasteiger partial charge in [0.1, 0.15) is 0 Å². The van der Waals surface area contributed by atoms with Crippen LogP contribution in [0.1, 0.15) is 34.2 Å². The molecule has 0 saturated carbocycles. The topological polar surface area (TPSA) is 46.1 Å². The smallest absolute Gasteiger partial charge is 0.255 e. The lowest BCUT2D eigenvalue weighted by atomic mass is 10.1. The first kappa shape index (κ1) is 15.6. The van der Waals surface area contributed by atoms with Crippen molar-refractivity contribution in [2.75, 3.05) is 7.05 Å². The van der Waals surface area contributed by atoms with Crippen LogP contribution in [-0.4, -0.2) is 28.1 Å². The van der Waals surface area contributed by atoms with E-state index in [2.05, 4.69) is 26.1 Å². The summed E-state index contributed by atoms with van der Waals surface area (Å²) in [5.74, 6) is -0.0206. The SMILES string of the molecule is CCc1nnc(C)cc1C(=O)N(C)Cc1ccc(Br)cc1. The van der Waals surface area contributed by atoms with Gasteiger partial charge in [0.05, 0.1) is 17.0 Å². The highest BCUT2D eigenvalue weighted by Crippen LogP contribution is 2.15. The van der Waals surface area contributed by atoms with E-state index < -0.39 is 0 Å². The Morgan fingerprint density at radius 3 is 2.52 bits per heavy atom. The van der Waals surface area contributed by atoms with Gasteiger partial charge in [0, 0.05) is 18.1 Å². The van der Waals surface area contributed by atoms with Gasteiger partial charge in [-0.25, -0.2) is 0 Å². The van der Waals surface area contributed by atoms with Crippen LogP contribution in [0.2, 0.25) is 0 Å². The molecule has 0 radical (unpaired) electrons. The van der Waals surface area contributed by atoms with Gasteiger partial charge in [-0.1, -0.05) is 35.0 Å². The zero-order valence-electron chi connectivity index (χ0n) is 12.4. The van der Waals surface area contributed by atoms with E-state index >= 15 is 0 Å². The molecule has 0 saturated heterocycles. The van der Waals surface area contributed by atoms with Crippen LogP contribution < -0.4 is 0 Å². The molecule has 1 aromatic heterocycles. The number of halogens is 1. The normalized spacial score (nSPS) is 10.5. The quantitative estimate of drug-likeness (QED) is 0.851. The van der Waals surface area contributed by atoms with Gasteiger partial charge in [-0.3, -0.25) is 4.79 Å². The zero-order valence-corrected chi connectivity index (χ0v) is 14.0. The van der Waals surface area contributed by atoms with Crippen molar-refractivity contribution < 1.29 is 4.79 Å². The summed E-state index contributed by atoms with van der Waals surface area (Å²) in [7, 11) is 1.81. The molecule has 1 heterocycles. The second kappa shape index (κ2) is 6.80. The number of amides is 1. The Morgan fingerprint density at radius 1 is 1.24 bits per heavy atom. The van der Waals surface area contributed by atoms with Crippen LogP contribution in [0.25, 0.3) is 0 Å². The Morgan fingerprint density at radius 2 is 1.90 bits per heavy atom. The third-order valence-corrected chi connectivity index (χ3v) is 3.77. The molecule has 0 aliphatic heterocycles. The highest BCUT2D eigenvalue weighted by atomic mass is 79.9. The first-order valence-corrected chi connectivity index (χ1v) is 7.63. The van der Waals surface area contributed by atoms with Crippen LogP contribution in [0.15, 0.2) is 34.8 Å². The number of hydrogen-bond acceptors (Lipinski definition) is 3. The van der Waals surface area contributed by atoms with Crippen molar-refractivity contribution in [2.24, 2.45) is 0 Å². The summed E-state index contributed by atoms with van der Waals surface area (Å²) in [6, 6.07) is 9.77. The van der Waals surface area contributed by atoms with Crippen molar-refractivity contribution in [3.8, 4) is 0 Å². The molecule has 110 valence electrons. The van der Waals surface area contributed by atoms with Gasteiger partial charge in [-0.05, 0) is 37.1 Å². The maximum atomic E-state index is 12.6. The predicted octanol–water partition coefficient (Wildman–Crippen LogP) is 3.38. The molecule has 2 rings (SSSR count). The molecule has 0 atom stereocenters. The Kier molecular flexibility index (Phi) is 5.07. The molecular weight excluding hydrogens is 330 g/mol. The van der Waals surface area contributed by atoms with E-state index in [0.717, 1.165) is 21.4 Å². The Balaban J connectivity index is 2.19. The van der Waals surface area contributed by atoms with E-state index in [4.69, 9.17) is 0 Å². The van der Waals surface area contributed by atoms with Gasteiger partial charge in [0.25, 0.3) is 5.91 Å². The highest BCUT2D eigenvalue weighted by molar-refractivity contribution is 9.10. The summed E-state index contributed by atoms with van der Waals surface area (Å²) in [5, 5.41) is 8.14. The predicted molar refractivity (Wildman–Crippen MR) is 86.1 cm³/mol. The van der Waals surface area contributed by atoms with E-state index in [9.17, 15) is 4.79 Å². The van der Waals surface area contributed by atoms with Gasteiger partial charge in [0.2, 0.25) is 0 Å². The fourth-order valence-corrected chi connectivity index (χ4v) is 2.37. The molecule has 0 unspecified atom stereocenters. The summed E-state index contributed by atoms with van der Waals surface area (Å²) in [6.45, 7) is 4.39. The van der Waals surface area contributed by atoms with Crippen LogP contribution in [0.3, 0.4) is 0 Å². The van der Waals surface area contributed by atoms with Crippen LogP contribution >= 0.6 is 15.9 Å². The number of carbonyl (C=O) groups is 1. The van der Waals surface area contributed by atoms with Crippen molar-refractivity contribution in [3.05, 3.63) is 57.3 Å². The lowest BCUT2D eigenvalue weighted by Gasteiger charge is -2.18. The minimum atomic E-state index is -0.0206. The third-order valence-electron chi connectivity index (χ3n) is 3.24. The average Bonchev–Trinajstić information content (AvgIpc) is 2.48. The number of hydrogen-bond donors (Lipinski definition) is 0. The average molecular weight is 348 g/mol. The first-order chi connectivity index (χ1) is 10.0. The summed E-state index contributed by atoms with van der Waals surface area (Å²) in [5.41, 5.74) is 3.23. The van der Waals surface area contributed by atoms with E-state index in [1.807, 2.05) is 44.2 Å². The van der Waals surface area contributed by atoms with Crippen LogP contribution in [0.5, 0.6) is 0 Å². The van der Waals surface area contributed by atoms with Gasteiger partial charge in [-0.15, -0.1) is 0 Å². The minimum absolute atomic E-state index is 0.0206. The van der Waals surface area contributed by atoms with E-state index in [0.29, 0.717) is 18.5 Å². The van der Waals surface area contributed by atoms with Crippen molar-refractivity contribution in [1.29, 1.82) is 0 Å². The standard InChI is InChI=1S/C16H18BrN3O/c1-4-15-14(9-11(2)18-19-15)16(21)20(3)10-12-5-7-13(17)8-6-12/h5-9H,4,10H2,1-3H3. The lowest BCUT2D eigenvalue weighted by molar-refractivity contribution is 0.0783. The third kappa shape index (κ3) is 3.88. The van der Waals surface area contributed by atoms with Crippen LogP contribution in [0, 0.1) is 6.92 Å². The monoisotopic (exact) mass is 347 g/mol. The fraction of sp³-hybridized carbons (Fsp3) is 0.312. The Bertz CT molecular complexity index is 640. The molecule has 0 aliphatic carbocycles. The van der Waals surface area contributed by atoms with Gasteiger partial charge in [0.15, 0.2) is 0 Å². The minimum Gasteiger partial charge on any atom is -0.337 e. The Hall–Kier alpha value is -1.75. The molecule has 0 N–H and O–H groups in total. The molecule has 4 nitrogen and oxygen atoms in total. The van der Waals surface area contributed by atoms with E-state index in [1.54, 1.807) is 11.9 Å². The van der Waals surface area contributed by atoms with Crippen molar-refractivity contribution >= 4 is 21.8 Å². The molecular formula is C16H18BrN3O. The fourth-order valence-electron chi connectivity index (χ4n) is 2.10. The molecule has 0 bridgehead atoms. The van der Waals surface area contributed by atoms with Crippen LogP contribution in [-0.2, 0) is 13.0 Å². The Labute approximate surface area is 133 Å². The van der Waals surface area contributed by atoms with Crippen molar-refractivity contribution in [2.45, 2.75) is 26.8 Å². The molecule has 1 aromatic carbocycles. The summed E-state index contributed by atoms with van der Waals surface area (Å²) in [4.78, 5) is 14.3. The molecule has 5 heteroatoms. The zero-order chi connectivity index (χ0) is 15.4. The van der Waals surface area contributed by atoms with Crippen LogP contribution in [0.4, 0.5) is 0 Å². The van der Waals surface area contributed by atoms with Crippen molar-refractivity contribution in [3.63, 3.8) is 0 Å². The van der Waals surface area contributed by atoms with Gasteiger partial charge >= 0.3 is 0 Å². The molecule has 2 aromatic rings. The molecule has 1 amide bonds. The molecule has 0 aliphatic rings. The number of carbonyl (C=O) groups excluding carboxylic acids is 1. The lowest BCUT2D eigenvalue weighted by Crippen LogP contribution is -2.27.